The third kappa shape index (κ3) is 5.84. The van der Waals surface area contributed by atoms with Gasteiger partial charge in [-0.3, -0.25) is 4.90 Å². The van der Waals surface area contributed by atoms with Crippen molar-refractivity contribution in [2.24, 2.45) is 0 Å². The molecule has 102 valence electrons. The Morgan fingerprint density at radius 3 is 2.88 bits per heavy atom. The predicted octanol–water partition coefficient (Wildman–Crippen LogP) is 2.27. The molecule has 2 atom stereocenters. The summed E-state index contributed by atoms with van der Waals surface area (Å²) in [4.78, 5) is 2.58. The Bertz CT molecular complexity index is 187. The molecule has 2 unspecified atom stereocenters. The number of nitrogens with one attached hydrogen (secondary N) is 1. The number of hydrogen-bond donors (Lipinski definition) is 1. The lowest BCUT2D eigenvalue weighted by Crippen LogP contribution is -2.48. The maximum absolute atomic E-state index is 5.88. The van der Waals surface area contributed by atoms with Crippen molar-refractivity contribution < 1.29 is 4.74 Å². The molecule has 0 spiro atoms. The van der Waals surface area contributed by atoms with E-state index in [2.05, 4.69) is 31.0 Å². The normalized spacial score (nSPS) is 23.8. The highest BCUT2D eigenvalue weighted by Gasteiger charge is 2.23. The van der Waals surface area contributed by atoms with Gasteiger partial charge in [0.05, 0.1) is 6.10 Å². The number of ether oxygens (including phenoxy) is 1. The molecule has 0 aromatic rings. The van der Waals surface area contributed by atoms with Gasteiger partial charge in [-0.05, 0) is 45.7 Å². The zero-order chi connectivity index (χ0) is 12.5. The van der Waals surface area contributed by atoms with Crippen LogP contribution in [0, 0.1) is 0 Å². The second-order valence-corrected chi connectivity index (χ2v) is 5.18. The van der Waals surface area contributed by atoms with Gasteiger partial charge >= 0.3 is 0 Å². The van der Waals surface area contributed by atoms with Crippen molar-refractivity contribution >= 4 is 0 Å². The van der Waals surface area contributed by atoms with Crippen LogP contribution in [-0.4, -0.2) is 49.8 Å². The largest absolute Gasteiger partial charge is 0.377 e. The minimum atomic E-state index is 0.470. The molecule has 0 radical (unpaired) electrons. The van der Waals surface area contributed by atoms with Crippen LogP contribution in [0.2, 0.25) is 0 Å². The molecule has 1 saturated heterocycles. The summed E-state index contributed by atoms with van der Waals surface area (Å²) in [6.45, 7) is 12.2. The average molecular weight is 242 g/mol. The molecular formula is C14H30N2O. The van der Waals surface area contributed by atoms with E-state index < -0.39 is 0 Å². The summed E-state index contributed by atoms with van der Waals surface area (Å²) in [5.41, 5.74) is 0. The molecule has 0 bridgehead atoms. The van der Waals surface area contributed by atoms with Gasteiger partial charge in [-0.25, -0.2) is 0 Å². The van der Waals surface area contributed by atoms with E-state index in [1.807, 2.05) is 0 Å². The Balaban J connectivity index is 2.22. The van der Waals surface area contributed by atoms with Crippen LogP contribution in [0.3, 0.4) is 0 Å². The number of piperidine rings is 1. The summed E-state index contributed by atoms with van der Waals surface area (Å²) in [6.07, 6.45) is 5.34. The summed E-state index contributed by atoms with van der Waals surface area (Å²) in [6, 6.07) is 0.634. The number of nitrogens with zero attached hydrogens (tertiary/aromatic N) is 1. The van der Waals surface area contributed by atoms with Gasteiger partial charge in [0.25, 0.3) is 0 Å². The quantitative estimate of drug-likeness (QED) is 0.661. The fourth-order valence-corrected chi connectivity index (χ4v) is 2.40. The Morgan fingerprint density at radius 1 is 1.35 bits per heavy atom. The van der Waals surface area contributed by atoms with Crippen LogP contribution >= 0.6 is 0 Å². The number of hydrogen-bond acceptors (Lipinski definition) is 3. The van der Waals surface area contributed by atoms with E-state index in [1.165, 1.54) is 25.8 Å². The highest BCUT2D eigenvalue weighted by molar-refractivity contribution is 4.78. The van der Waals surface area contributed by atoms with E-state index in [0.29, 0.717) is 12.1 Å². The molecule has 0 aromatic carbocycles. The van der Waals surface area contributed by atoms with Crippen LogP contribution in [-0.2, 0) is 4.74 Å². The summed E-state index contributed by atoms with van der Waals surface area (Å²) in [5, 5.41) is 3.51. The first-order valence-electron chi connectivity index (χ1n) is 7.34. The standard InChI is InChI=1S/C14H30N2O/c1-4-8-15-11-13(3)16-9-6-7-14(12-16)17-10-5-2/h13-15H,4-12H2,1-3H3. The van der Waals surface area contributed by atoms with Gasteiger partial charge in [0.1, 0.15) is 0 Å². The smallest absolute Gasteiger partial charge is 0.0702 e. The van der Waals surface area contributed by atoms with E-state index in [1.54, 1.807) is 0 Å². The second kappa shape index (κ2) is 8.90. The Labute approximate surface area is 107 Å². The molecule has 0 amide bonds. The Morgan fingerprint density at radius 2 is 2.18 bits per heavy atom. The van der Waals surface area contributed by atoms with E-state index in [4.69, 9.17) is 4.74 Å². The molecule has 1 N–H and O–H groups in total. The second-order valence-electron chi connectivity index (χ2n) is 5.18. The average Bonchev–Trinajstić information content (AvgIpc) is 2.37. The molecule has 1 aliphatic rings. The number of likely N-dealkylation sites (tertiary alicyclic amines) is 1. The van der Waals surface area contributed by atoms with Crippen molar-refractivity contribution in [1.82, 2.24) is 10.2 Å². The zero-order valence-corrected chi connectivity index (χ0v) is 11.9. The van der Waals surface area contributed by atoms with Gasteiger partial charge in [-0.1, -0.05) is 13.8 Å². The SMILES string of the molecule is CCCNCC(C)N1CCCC(OCCC)C1. The summed E-state index contributed by atoms with van der Waals surface area (Å²) in [7, 11) is 0. The molecule has 1 fully saturated rings. The van der Waals surface area contributed by atoms with Gasteiger partial charge < -0.3 is 10.1 Å². The fourth-order valence-electron chi connectivity index (χ4n) is 2.40. The first-order chi connectivity index (χ1) is 8.27. The van der Waals surface area contributed by atoms with Crippen molar-refractivity contribution in [3.8, 4) is 0 Å². The van der Waals surface area contributed by atoms with Crippen LogP contribution in [0.5, 0.6) is 0 Å². The monoisotopic (exact) mass is 242 g/mol. The first kappa shape index (κ1) is 14.9. The van der Waals surface area contributed by atoms with Crippen molar-refractivity contribution in [3.05, 3.63) is 0 Å². The predicted molar refractivity (Wildman–Crippen MR) is 73.5 cm³/mol. The number of rotatable bonds is 8. The molecule has 17 heavy (non-hydrogen) atoms. The van der Waals surface area contributed by atoms with Crippen molar-refractivity contribution in [2.45, 2.75) is 58.6 Å². The summed E-state index contributed by atoms with van der Waals surface area (Å²) >= 11 is 0. The molecule has 1 heterocycles. The first-order valence-corrected chi connectivity index (χ1v) is 7.34. The minimum Gasteiger partial charge on any atom is -0.377 e. The molecule has 0 aliphatic carbocycles. The highest BCUT2D eigenvalue weighted by atomic mass is 16.5. The maximum atomic E-state index is 5.88. The van der Waals surface area contributed by atoms with E-state index in [-0.39, 0.29) is 0 Å². The van der Waals surface area contributed by atoms with Crippen LogP contribution in [0.1, 0.15) is 46.5 Å². The lowest BCUT2D eigenvalue weighted by molar-refractivity contribution is -0.0101. The molecule has 1 rings (SSSR count). The lowest BCUT2D eigenvalue weighted by Gasteiger charge is -2.36. The molecule has 1 aliphatic heterocycles. The van der Waals surface area contributed by atoms with Crippen molar-refractivity contribution in [3.63, 3.8) is 0 Å². The Kier molecular flexibility index (Phi) is 7.82. The highest BCUT2D eigenvalue weighted by Crippen LogP contribution is 2.15. The third-order valence-electron chi connectivity index (χ3n) is 3.46. The molecule has 0 saturated carbocycles. The van der Waals surface area contributed by atoms with Crippen LogP contribution in [0.25, 0.3) is 0 Å². The Hall–Kier alpha value is -0.120. The van der Waals surface area contributed by atoms with Crippen LogP contribution in [0.15, 0.2) is 0 Å². The maximum Gasteiger partial charge on any atom is 0.0702 e. The molecule has 3 heteroatoms. The van der Waals surface area contributed by atoms with E-state index in [9.17, 15) is 0 Å². The van der Waals surface area contributed by atoms with Crippen molar-refractivity contribution in [2.75, 3.05) is 32.8 Å². The summed E-state index contributed by atoms with van der Waals surface area (Å²) in [5.74, 6) is 0. The van der Waals surface area contributed by atoms with Gasteiger partial charge in [-0.2, -0.15) is 0 Å². The lowest BCUT2D eigenvalue weighted by atomic mass is 10.1. The van der Waals surface area contributed by atoms with E-state index in [0.717, 1.165) is 32.7 Å². The third-order valence-corrected chi connectivity index (χ3v) is 3.46. The topological polar surface area (TPSA) is 24.5 Å². The summed E-state index contributed by atoms with van der Waals surface area (Å²) < 4.78 is 5.88. The van der Waals surface area contributed by atoms with Gasteiger partial charge in [0.15, 0.2) is 0 Å². The van der Waals surface area contributed by atoms with Crippen LogP contribution in [0.4, 0.5) is 0 Å². The molecule has 3 nitrogen and oxygen atoms in total. The molecule has 0 aromatic heterocycles. The van der Waals surface area contributed by atoms with Gasteiger partial charge in [0, 0.05) is 25.7 Å². The van der Waals surface area contributed by atoms with E-state index >= 15 is 0 Å². The fraction of sp³-hybridized carbons (Fsp3) is 1.00. The van der Waals surface area contributed by atoms with Gasteiger partial charge in [0.2, 0.25) is 0 Å². The van der Waals surface area contributed by atoms with Crippen LogP contribution < -0.4 is 5.32 Å². The zero-order valence-electron chi connectivity index (χ0n) is 11.9. The molecular weight excluding hydrogens is 212 g/mol. The minimum absolute atomic E-state index is 0.470. The van der Waals surface area contributed by atoms with Gasteiger partial charge in [-0.15, -0.1) is 0 Å². The van der Waals surface area contributed by atoms with Crippen molar-refractivity contribution in [1.29, 1.82) is 0 Å².